The van der Waals surface area contributed by atoms with Gasteiger partial charge in [0, 0.05) is 23.0 Å². The Hall–Kier alpha value is -2.25. The highest BCUT2D eigenvalue weighted by atomic mass is 32.1. The number of aromatic nitrogens is 2. The van der Waals surface area contributed by atoms with Crippen molar-refractivity contribution in [2.45, 2.75) is 32.1 Å². The van der Waals surface area contributed by atoms with Gasteiger partial charge in [0.25, 0.3) is 0 Å². The molecule has 0 spiro atoms. The smallest absolute Gasteiger partial charge is 0.388 e. The van der Waals surface area contributed by atoms with Crippen molar-refractivity contribution < 1.29 is 8.81 Å². The largest absolute Gasteiger partial charge is 0.438 e. The summed E-state index contributed by atoms with van der Waals surface area (Å²) in [7, 11) is 0. The third-order valence-corrected chi connectivity index (χ3v) is 4.88. The molecule has 0 atom stereocenters. The Kier molecular flexibility index (Phi) is 4.03. The molecule has 1 aliphatic rings. The lowest BCUT2D eigenvalue weighted by Gasteiger charge is -2.19. The molecule has 1 aromatic carbocycles. The van der Waals surface area contributed by atoms with Crippen molar-refractivity contribution in [3.63, 3.8) is 0 Å². The number of hydrogen-bond acceptors (Lipinski definition) is 5. The van der Waals surface area contributed by atoms with Crippen LogP contribution in [0.3, 0.4) is 0 Å². The number of hydrogen-bond donors (Lipinski definition) is 0. The fourth-order valence-electron chi connectivity index (χ4n) is 2.61. The minimum absolute atomic E-state index is 0.215. The molecule has 0 aliphatic heterocycles. The fraction of sp³-hybridized carbons (Fsp3) is 0.294. The minimum atomic E-state index is -0.494. The Morgan fingerprint density at radius 1 is 1.29 bits per heavy atom. The van der Waals surface area contributed by atoms with Crippen LogP contribution in [0.25, 0.3) is 11.5 Å². The number of halogens is 1. The van der Waals surface area contributed by atoms with Crippen LogP contribution in [0, 0.1) is 5.82 Å². The van der Waals surface area contributed by atoms with Crippen LogP contribution in [0.1, 0.15) is 17.7 Å². The third kappa shape index (κ3) is 3.32. The van der Waals surface area contributed by atoms with Gasteiger partial charge < -0.3 is 4.42 Å². The van der Waals surface area contributed by atoms with Crippen LogP contribution < -0.4 is 5.76 Å². The first-order valence-corrected chi connectivity index (χ1v) is 8.67. The first-order valence-electron chi connectivity index (χ1n) is 7.79. The topological polar surface area (TPSA) is 51.3 Å². The summed E-state index contributed by atoms with van der Waals surface area (Å²) in [5.41, 5.74) is 0.587. The Balaban J connectivity index is 1.55. The van der Waals surface area contributed by atoms with Crippen molar-refractivity contribution >= 4 is 11.3 Å². The molecule has 3 aromatic rings. The van der Waals surface area contributed by atoms with Crippen LogP contribution in [0.2, 0.25) is 0 Å². The van der Waals surface area contributed by atoms with Gasteiger partial charge in [0.2, 0.25) is 5.89 Å². The second kappa shape index (κ2) is 6.33. The quantitative estimate of drug-likeness (QED) is 0.688. The highest BCUT2D eigenvalue weighted by Crippen LogP contribution is 2.29. The van der Waals surface area contributed by atoms with Gasteiger partial charge in [-0.25, -0.2) is 9.18 Å². The Bertz CT molecular complexity index is 866. The number of nitrogens with zero attached hydrogens (tertiary/aromatic N) is 3. The van der Waals surface area contributed by atoms with Crippen molar-refractivity contribution in [3.05, 3.63) is 63.0 Å². The Labute approximate surface area is 142 Å². The second-order valence-corrected chi connectivity index (χ2v) is 6.91. The molecule has 0 unspecified atom stereocenters. The molecule has 0 radical (unpaired) electrons. The molecular formula is C17H16FN3O2S. The molecule has 0 amide bonds. The third-order valence-electron chi connectivity index (χ3n) is 4.02. The first kappa shape index (κ1) is 15.3. The van der Waals surface area contributed by atoms with Gasteiger partial charge in [-0.2, -0.15) is 4.68 Å². The zero-order chi connectivity index (χ0) is 16.5. The lowest BCUT2D eigenvalue weighted by Crippen LogP contribution is -2.32. The highest BCUT2D eigenvalue weighted by Gasteiger charge is 2.30. The van der Waals surface area contributed by atoms with Gasteiger partial charge in [0.05, 0.1) is 0 Å². The van der Waals surface area contributed by atoms with E-state index >= 15 is 0 Å². The standard InChI is InChI=1S/C17H16FN3O2S/c18-13-5-3-12(4-6-13)16-19-21(17(22)23-16)11-20(14-7-8-14)10-15-2-1-9-24-15/h1-6,9,14H,7-8,10-11H2. The predicted octanol–water partition coefficient (Wildman–Crippen LogP) is 3.33. The van der Waals surface area contributed by atoms with Crippen LogP contribution in [0.5, 0.6) is 0 Å². The maximum atomic E-state index is 13.0. The van der Waals surface area contributed by atoms with Crippen molar-refractivity contribution in [2.75, 3.05) is 0 Å². The summed E-state index contributed by atoms with van der Waals surface area (Å²) in [6.45, 7) is 1.19. The SMILES string of the molecule is O=c1oc(-c2ccc(F)cc2)nn1CN(Cc1cccs1)C1CC1. The molecule has 5 nitrogen and oxygen atoms in total. The first-order chi connectivity index (χ1) is 11.7. The summed E-state index contributed by atoms with van der Waals surface area (Å²) in [6, 6.07) is 10.4. The van der Waals surface area contributed by atoms with Gasteiger partial charge in [-0.05, 0) is 48.6 Å². The lowest BCUT2D eigenvalue weighted by atomic mass is 10.2. The fourth-order valence-corrected chi connectivity index (χ4v) is 3.34. The van der Waals surface area contributed by atoms with Crippen LogP contribution in [0.4, 0.5) is 4.39 Å². The van der Waals surface area contributed by atoms with Crippen LogP contribution in [0.15, 0.2) is 51.0 Å². The molecule has 2 aromatic heterocycles. The zero-order valence-electron chi connectivity index (χ0n) is 12.9. The highest BCUT2D eigenvalue weighted by molar-refractivity contribution is 7.09. The van der Waals surface area contributed by atoms with Crippen molar-refractivity contribution in [1.82, 2.24) is 14.7 Å². The minimum Gasteiger partial charge on any atom is -0.388 e. The van der Waals surface area contributed by atoms with Crippen molar-refractivity contribution in [2.24, 2.45) is 0 Å². The van der Waals surface area contributed by atoms with Crippen LogP contribution in [-0.4, -0.2) is 20.7 Å². The molecule has 0 N–H and O–H groups in total. The van der Waals surface area contributed by atoms with E-state index in [1.165, 1.54) is 21.7 Å². The molecule has 0 bridgehead atoms. The second-order valence-electron chi connectivity index (χ2n) is 5.88. The van der Waals surface area contributed by atoms with E-state index in [2.05, 4.69) is 21.4 Å². The molecule has 124 valence electrons. The Morgan fingerprint density at radius 3 is 2.75 bits per heavy atom. The van der Waals surface area contributed by atoms with E-state index in [-0.39, 0.29) is 11.7 Å². The molecule has 7 heteroatoms. The predicted molar refractivity (Wildman–Crippen MR) is 89.0 cm³/mol. The summed E-state index contributed by atoms with van der Waals surface area (Å²) >= 11 is 1.71. The molecule has 2 heterocycles. The molecule has 1 aliphatic carbocycles. The molecule has 24 heavy (non-hydrogen) atoms. The molecule has 4 rings (SSSR count). The van der Waals surface area contributed by atoms with E-state index in [0.29, 0.717) is 18.3 Å². The van der Waals surface area contributed by atoms with Gasteiger partial charge in [-0.3, -0.25) is 4.90 Å². The average Bonchev–Trinajstić information content (AvgIpc) is 3.18. The van der Waals surface area contributed by atoms with Gasteiger partial charge in [0.15, 0.2) is 0 Å². The number of thiophene rings is 1. The van der Waals surface area contributed by atoms with E-state index in [4.69, 9.17) is 4.42 Å². The normalized spacial score (nSPS) is 14.4. The van der Waals surface area contributed by atoms with Crippen molar-refractivity contribution in [3.8, 4) is 11.5 Å². The summed E-state index contributed by atoms with van der Waals surface area (Å²) in [6.07, 6.45) is 2.28. The van der Waals surface area contributed by atoms with E-state index < -0.39 is 5.76 Å². The van der Waals surface area contributed by atoms with Gasteiger partial charge in [-0.1, -0.05) is 6.07 Å². The molecular weight excluding hydrogens is 329 g/mol. The van der Waals surface area contributed by atoms with E-state index in [1.54, 1.807) is 23.5 Å². The molecule has 1 saturated carbocycles. The van der Waals surface area contributed by atoms with Gasteiger partial charge in [0.1, 0.15) is 12.5 Å². The summed E-state index contributed by atoms with van der Waals surface area (Å²) < 4.78 is 19.6. The average molecular weight is 345 g/mol. The number of rotatable bonds is 6. The lowest BCUT2D eigenvalue weighted by molar-refractivity contribution is 0.183. The zero-order valence-corrected chi connectivity index (χ0v) is 13.7. The maximum Gasteiger partial charge on any atom is 0.438 e. The van der Waals surface area contributed by atoms with E-state index in [9.17, 15) is 9.18 Å². The summed E-state index contributed by atoms with van der Waals surface area (Å²) in [5, 5.41) is 6.32. The van der Waals surface area contributed by atoms with E-state index in [0.717, 1.165) is 19.4 Å². The summed E-state index contributed by atoms with van der Waals surface area (Å²) in [5.74, 6) is -0.616. The summed E-state index contributed by atoms with van der Waals surface area (Å²) in [4.78, 5) is 15.6. The van der Waals surface area contributed by atoms with Gasteiger partial charge in [-0.15, -0.1) is 16.4 Å². The molecule has 1 fully saturated rings. The monoisotopic (exact) mass is 345 g/mol. The maximum absolute atomic E-state index is 13.0. The Morgan fingerprint density at radius 2 is 2.08 bits per heavy atom. The number of benzene rings is 1. The molecule has 0 saturated heterocycles. The van der Waals surface area contributed by atoms with Crippen LogP contribution >= 0.6 is 11.3 Å². The van der Waals surface area contributed by atoms with Gasteiger partial charge >= 0.3 is 5.76 Å². The van der Waals surface area contributed by atoms with Crippen molar-refractivity contribution in [1.29, 1.82) is 0 Å². The van der Waals surface area contributed by atoms with Crippen LogP contribution in [-0.2, 0) is 13.2 Å². The van der Waals surface area contributed by atoms with E-state index in [1.807, 2.05) is 6.07 Å².